The van der Waals surface area contributed by atoms with Crippen LogP contribution in [0.4, 0.5) is 8.78 Å². The molecule has 54 valence electrons. The first-order chi connectivity index (χ1) is 4.06. The minimum atomic E-state index is -2.90. The van der Waals surface area contributed by atoms with E-state index in [-0.39, 0.29) is 6.61 Å². The number of hydrogen-bond donors (Lipinski definition) is 0. The fourth-order valence-corrected chi connectivity index (χ4v) is 0.465. The number of methoxy groups -OCH3 is 1. The highest BCUT2D eigenvalue weighted by Crippen LogP contribution is 2.22. The van der Waals surface area contributed by atoms with E-state index in [9.17, 15) is 8.78 Å². The molecule has 0 aliphatic carbocycles. The predicted molar refractivity (Wildman–Crippen MR) is 34.9 cm³/mol. The lowest BCUT2D eigenvalue weighted by Gasteiger charge is -1.98. The molecule has 0 rings (SSSR count). The van der Waals surface area contributed by atoms with Crippen LogP contribution in [0.25, 0.3) is 0 Å². The lowest BCUT2D eigenvalue weighted by molar-refractivity contribution is 0.168. The molecule has 0 aliphatic rings. The highest BCUT2D eigenvalue weighted by Gasteiger charge is 2.17. The van der Waals surface area contributed by atoms with Crippen molar-refractivity contribution < 1.29 is 13.5 Å². The third-order valence-corrected chi connectivity index (χ3v) is 0.834. The van der Waals surface area contributed by atoms with E-state index in [1.807, 2.05) is 0 Å². The van der Waals surface area contributed by atoms with Crippen molar-refractivity contribution in [2.45, 2.75) is 4.83 Å². The molecule has 9 heavy (non-hydrogen) atoms. The third-order valence-electron chi connectivity index (χ3n) is 0.570. The fourth-order valence-electron chi connectivity index (χ4n) is 0.278. The summed E-state index contributed by atoms with van der Waals surface area (Å²) in [5.41, 5.74) is 0. The second kappa shape index (κ2) is 3.95. The zero-order valence-corrected chi connectivity index (χ0v) is 6.49. The topological polar surface area (TPSA) is 9.23 Å². The summed E-state index contributed by atoms with van der Waals surface area (Å²) in [4.78, 5) is -2.90. The van der Waals surface area contributed by atoms with Crippen LogP contribution in [0.15, 0.2) is 12.2 Å². The van der Waals surface area contributed by atoms with Gasteiger partial charge in [0.05, 0.1) is 6.61 Å². The molecule has 0 saturated heterocycles. The van der Waals surface area contributed by atoms with Gasteiger partial charge in [-0.25, -0.2) is 0 Å². The van der Waals surface area contributed by atoms with E-state index in [1.54, 1.807) is 0 Å². The monoisotopic (exact) mass is 200 g/mol. The van der Waals surface area contributed by atoms with E-state index in [1.165, 1.54) is 13.2 Å². The van der Waals surface area contributed by atoms with Gasteiger partial charge in [0.15, 0.2) is 0 Å². The van der Waals surface area contributed by atoms with Crippen molar-refractivity contribution in [1.29, 1.82) is 0 Å². The zero-order chi connectivity index (χ0) is 7.33. The van der Waals surface area contributed by atoms with Crippen molar-refractivity contribution in [3.63, 3.8) is 0 Å². The molecule has 0 heterocycles. The Labute approximate surface area is 60.8 Å². The second-order valence-corrected chi connectivity index (χ2v) is 2.46. The summed E-state index contributed by atoms with van der Waals surface area (Å²) in [5, 5.41) is 0. The Balaban J connectivity index is 3.45. The first kappa shape index (κ1) is 9.04. The molecular formula is C5H7BrF2O. The summed E-state index contributed by atoms with van der Waals surface area (Å²) < 4.78 is 28.1. The molecule has 0 N–H and O–H groups in total. The molecule has 0 radical (unpaired) electrons. The Morgan fingerprint density at radius 1 is 1.67 bits per heavy atom. The first-order valence-corrected chi connectivity index (χ1v) is 3.09. The Morgan fingerprint density at radius 3 is 2.56 bits per heavy atom. The SMILES string of the molecule is COC/C=C/C(F)(F)Br. The van der Waals surface area contributed by atoms with Gasteiger partial charge in [-0.05, 0) is 22.0 Å². The van der Waals surface area contributed by atoms with E-state index >= 15 is 0 Å². The smallest absolute Gasteiger partial charge is 0.320 e. The van der Waals surface area contributed by atoms with E-state index in [0.717, 1.165) is 6.08 Å². The van der Waals surface area contributed by atoms with Gasteiger partial charge in [0.2, 0.25) is 0 Å². The van der Waals surface area contributed by atoms with Crippen LogP contribution in [0.3, 0.4) is 0 Å². The number of halogens is 3. The maximum absolute atomic E-state index is 11.8. The van der Waals surface area contributed by atoms with Gasteiger partial charge in [-0.1, -0.05) is 6.08 Å². The van der Waals surface area contributed by atoms with Gasteiger partial charge in [-0.15, -0.1) is 0 Å². The van der Waals surface area contributed by atoms with Crippen LogP contribution in [0, 0.1) is 0 Å². The summed E-state index contributed by atoms with van der Waals surface area (Å²) in [6.45, 7) is 0.210. The van der Waals surface area contributed by atoms with Crippen LogP contribution in [0.5, 0.6) is 0 Å². The largest absolute Gasteiger partial charge is 0.381 e. The molecule has 0 fully saturated rings. The Morgan fingerprint density at radius 2 is 2.22 bits per heavy atom. The van der Waals surface area contributed by atoms with Crippen molar-refractivity contribution in [2.75, 3.05) is 13.7 Å². The second-order valence-electron chi connectivity index (χ2n) is 1.40. The van der Waals surface area contributed by atoms with Gasteiger partial charge in [0.1, 0.15) is 0 Å². The maximum atomic E-state index is 11.8. The lowest BCUT2D eigenvalue weighted by Crippen LogP contribution is -1.98. The molecule has 0 aliphatic heterocycles. The van der Waals surface area contributed by atoms with Gasteiger partial charge in [-0.3, -0.25) is 0 Å². The highest BCUT2D eigenvalue weighted by atomic mass is 79.9. The molecule has 0 aromatic rings. The number of alkyl halides is 3. The van der Waals surface area contributed by atoms with Crippen LogP contribution in [0.1, 0.15) is 0 Å². The maximum Gasteiger partial charge on any atom is 0.320 e. The van der Waals surface area contributed by atoms with E-state index in [4.69, 9.17) is 0 Å². The molecular weight excluding hydrogens is 194 g/mol. The molecule has 0 unspecified atom stereocenters. The van der Waals surface area contributed by atoms with Crippen LogP contribution in [-0.2, 0) is 4.74 Å². The summed E-state index contributed by atoms with van der Waals surface area (Å²) in [6.07, 6.45) is 1.98. The molecule has 0 aromatic carbocycles. The van der Waals surface area contributed by atoms with Crippen molar-refractivity contribution >= 4 is 15.9 Å². The van der Waals surface area contributed by atoms with Gasteiger partial charge in [0, 0.05) is 7.11 Å². The van der Waals surface area contributed by atoms with Gasteiger partial charge < -0.3 is 4.74 Å². The van der Waals surface area contributed by atoms with Crippen molar-refractivity contribution in [3.8, 4) is 0 Å². The van der Waals surface area contributed by atoms with Gasteiger partial charge in [0.25, 0.3) is 0 Å². The lowest BCUT2D eigenvalue weighted by atomic mass is 10.5. The van der Waals surface area contributed by atoms with Crippen molar-refractivity contribution in [3.05, 3.63) is 12.2 Å². The zero-order valence-electron chi connectivity index (χ0n) is 4.90. The number of hydrogen-bond acceptors (Lipinski definition) is 1. The van der Waals surface area contributed by atoms with Crippen molar-refractivity contribution in [2.24, 2.45) is 0 Å². The van der Waals surface area contributed by atoms with Gasteiger partial charge in [-0.2, -0.15) is 8.78 Å². The van der Waals surface area contributed by atoms with Crippen molar-refractivity contribution in [1.82, 2.24) is 0 Å². The summed E-state index contributed by atoms with van der Waals surface area (Å²) in [6, 6.07) is 0. The molecule has 0 bridgehead atoms. The summed E-state index contributed by atoms with van der Waals surface area (Å²) in [7, 11) is 1.44. The van der Waals surface area contributed by atoms with Crippen LogP contribution in [-0.4, -0.2) is 18.5 Å². The number of rotatable bonds is 3. The standard InChI is InChI=1S/C5H7BrF2O/c1-9-4-2-3-5(6,7)8/h2-3H,4H2,1H3/b3-2+. The molecule has 0 aromatic heterocycles. The first-order valence-electron chi connectivity index (χ1n) is 2.29. The average Bonchev–Trinajstić information content (AvgIpc) is 1.63. The van der Waals surface area contributed by atoms with Gasteiger partial charge >= 0.3 is 4.83 Å². The predicted octanol–water partition coefficient (Wildman–Crippen LogP) is 2.18. The Bertz CT molecular complexity index is 97.6. The quantitative estimate of drug-likeness (QED) is 0.502. The van der Waals surface area contributed by atoms with E-state index in [0.29, 0.717) is 0 Å². The summed E-state index contributed by atoms with van der Waals surface area (Å²) in [5.74, 6) is 0. The molecule has 0 atom stereocenters. The van der Waals surface area contributed by atoms with Crippen LogP contribution in [0.2, 0.25) is 0 Å². The normalized spacial score (nSPS) is 12.9. The highest BCUT2D eigenvalue weighted by molar-refractivity contribution is 9.10. The average molecular weight is 201 g/mol. The van der Waals surface area contributed by atoms with Crippen LogP contribution >= 0.6 is 15.9 Å². The Hall–Kier alpha value is 0.0400. The summed E-state index contributed by atoms with van der Waals surface area (Å²) >= 11 is 2.13. The molecule has 0 amide bonds. The fraction of sp³-hybridized carbons (Fsp3) is 0.600. The minimum absolute atomic E-state index is 0.210. The minimum Gasteiger partial charge on any atom is -0.381 e. The van der Waals surface area contributed by atoms with E-state index in [2.05, 4.69) is 20.7 Å². The van der Waals surface area contributed by atoms with Crippen LogP contribution < -0.4 is 0 Å². The molecule has 1 nitrogen and oxygen atoms in total. The molecule has 4 heteroatoms. The number of allylic oxidation sites excluding steroid dienone is 1. The molecule has 0 saturated carbocycles. The third kappa shape index (κ3) is 8.04. The number of ether oxygens (including phenoxy) is 1. The van der Waals surface area contributed by atoms with E-state index < -0.39 is 4.83 Å². The molecule has 0 spiro atoms. The Kier molecular flexibility index (Phi) is 3.97.